The number of carbonyl (C=O) groups excluding carboxylic acids is 1. The first kappa shape index (κ1) is 11.6. The first-order valence-corrected chi connectivity index (χ1v) is 5.25. The van der Waals surface area contributed by atoms with Gasteiger partial charge in [0, 0.05) is 16.6 Å². The molecule has 1 aromatic carbocycles. The molecule has 1 amide bonds. The Morgan fingerprint density at radius 2 is 1.93 bits per heavy atom. The zero-order chi connectivity index (χ0) is 10.6. The van der Waals surface area contributed by atoms with Gasteiger partial charge in [-0.1, -0.05) is 11.6 Å². The molecule has 0 radical (unpaired) electrons. The third-order valence-corrected chi connectivity index (χ3v) is 2.60. The second-order valence-corrected chi connectivity index (χ2v) is 3.89. The van der Waals surface area contributed by atoms with Gasteiger partial charge in [-0.2, -0.15) is 0 Å². The van der Waals surface area contributed by atoms with E-state index in [4.69, 9.17) is 34.8 Å². The highest BCUT2D eigenvalue weighted by Gasteiger charge is 2.13. The fraction of sp³-hybridized carbons (Fsp3) is 0.222. The van der Waals surface area contributed by atoms with E-state index in [-0.39, 0.29) is 11.8 Å². The molecule has 0 spiro atoms. The van der Waals surface area contributed by atoms with Crippen LogP contribution in [0, 0.1) is 0 Å². The van der Waals surface area contributed by atoms with Crippen molar-refractivity contribution in [1.29, 1.82) is 0 Å². The zero-order valence-electron chi connectivity index (χ0n) is 7.14. The maximum absolute atomic E-state index is 11.3. The number of hydrogen-bond donors (Lipinski definition) is 1. The lowest BCUT2D eigenvalue weighted by molar-refractivity contribution is -0.115. The van der Waals surface area contributed by atoms with Crippen LogP contribution in [-0.2, 0) is 4.79 Å². The van der Waals surface area contributed by atoms with Gasteiger partial charge < -0.3 is 5.32 Å². The van der Waals surface area contributed by atoms with Crippen molar-refractivity contribution in [2.24, 2.45) is 0 Å². The minimum Gasteiger partial charge on any atom is -0.325 e. The molecule has 0 heterocycles. The predicted octanol–water partition coefficient (Wildman–Crippen LogP) is 3.12. The van der Waals surface area contributed by atoms with E-state index in [2.05, 4.69) is 5.32 Å². The van der Waals surface area contributed by atoms with Gasteiger partial charge in [-0.25, -0.2) is 0 Å². The van der Waals surface area contributed by atoms with Crippen LogP contribution in [0.3, 0.4) is 0 Å². The second-order valence-electron chi connectivity index (χ2n) is 2.62. The number of alkyl halides is 2. The van der Waals surface area contributed by atoms with E-state index in [9.17, 15) is 4.79 Å². The fourth-order valence-corrected chi connectivity index (χ4v) is 1.14. The predicted molar refractivity (Wildman–Crippen MR) is 60.4 cm³/mol. The van der Waals surface area contributed by atoms with Crippen molar-refractivity contribution in [3.05, 3.63) is 29.3 Å². The van der Waals surface area contributed by atoms with Gasteiger partial charge in [0.1, 0.15) is 5.38 Å². The van der Waals surface area contributed by atoms with Gasteiger partial charge in [0.2, 0.25) is 5.91 Å². The summed E-state index contributed by atoms with van der Waals surface area (Å²) >= 11 is 16.7. The summed E-state index contributed by atoms with van der Waals surface area (Å²) in [4.78, 5) is 11.3. The van der Waals surface area contributed by atoms with Crippen LogP contribution in [0.4, 0.5) is 5.69 Å². The molecule has 0 aliphatic carbocycles. The molecular formula is C9H8Cl3NO. The lowest BCUT2D eigenvalue weighted by atomic mass is 10.3. The van der Waals surface area contributed by atoms with Gasteiger partial charge in [0.25, 0.3) is 0 Å². The molecule has 1 unspecified atom stereocenters. The van der Waals surface area contributed by atoms with E-state index in [1.54, 1.807) is 24.3 Å². The van der Waals surface area contributed by atoms with Crippen molar-refractivity contribution >= 4 is 46.4 Å². The monoisotopic (exact) mass is 251 g/mol. The molecule has 1 aromatic rings. The van der Waals surface area contributed by atoms with E-state index < -0.39 is 5.38 Å². The van der Waals surface area contributed by atoms with Crippen LogP contribution < -0.4 is 5.32 Å². The smallest absolute Gasteiger partial charge is 0.243 e. The van der Waals surface area contributed by atoms with E-state index in [0.29, 0.717) is 10.7 Å². The summed E-state index contributed by atoms with van der Waals surface area (Å²) in [6.45, 7) is 0. The molecule has 14 heavy (non-hydrogen) atoms. The number of amides is 1. The molecule has 0 bridgehead atoms. The molecule has 1 rings (SSSR count). The molecule has 1 atom stereocenters. The number of benzene rings is 1. The van der Waals surface area contributed by atoms with E-state index in [1.165, 1.54) is 0 Å². The van der Waals surface area contributed by atoms with Crippen LogP contribution in [0.2, 0.25) is 5.02 Å². The molecule has 76 valence electrons. The number of rotatable bonds is 3. The summed E-state index contributed by atoms with van der Waals surface area (Å²) in [5.41, 5.74) is 0.648. The highest BCUT2D eigenvalue weighted by atomic mass is 35.5. The summed E-state index contributed by atoms with van der Waals surface area (Å²) in [6.07, 6.45) is 0. The first-order valence-electron chi connectivity index (χ1n) is 3.90. The largest absolute Gasteiger partial charge is 0.325 e. The minimum atomic E-state index is -0.715. The molecule has 0 saturated carbocycles. The van der Waals surface area contributed by atoms with Crippen LogP contribution in [0.15, 0.2) is 24.3 Å². The molecule has 2 nitrogen and oxygen atoms in total. The lowest BCUT2D eigenvalue weighted by Gasteiger charge is -2.07. The second kappa shape index (κ2) is 5.44. The number of anilines is 1. The Morgan fingerprint density at radius 1 is 1.36 bits per heavy atom. The normalized spacial score (nSPS) is 12.2. The Kier molecular flexibility index (Phi) is 4.52. The molecule has 1 N–H and O–H groups in total. The number of nitrogens with one attached hydrogen (secondary N) is 1. The molecule has 5 heteroatoms. The first-order chi connectivity index (χ1) is 6.63. The maximum Gasteiger partial charge on any atom is 0.243 e. The molecule has 0 fully saturated rings. The van der Waals surface area contributed by atoms with Gasteiger partial charge in [-0.15, -0.1) is 23.2 Å². The Bertz CT molecular complexity index is 312. The van der Waals surface area contributed by atoms with E-state index >= 15 is 0 Å². The maximum atomic E-state index is 11.3. The number of carbonyl (C=O) groups is 1. The molecule has 0 saturated heterocycles. The SMILES string of the molecule is O=C(Nc1ccc(Cl)cc1)C(Cl)CCl. The molecular weight excluding hydrogens is 244 g/mol. The van der Waals surface area contributed by atoms with Crippen molar-refractivity contribution < 1.29 is 4.79 Å². The Hall–Kier alpha value is -0.440. The van der Waals surface area contributed by atoms with Crippen molar-refractivity contribution in [3.8, 4) is 0 Å². The van der Waals surface area contributed by atoms with Crippen LogP contribution in [0.5, 0.6) is 0 Å². The van der Waals surface area contributed by atoms with E-state index in [0.717, 1.165) is 0 Å². The minimum absolute atomic E-state index is 0.0843. The highest BCUT2D eigenvalue weighted by Crippen LogP contribution is 2.14. The average molecular weight is 253 g/mol. The standard InChI is InChI=1S/C9H8Cl3NO/c10-5-8(12)9(14)13-7-3-1-6(11)2-4-7/h1-4,8H,5H2,(H,13,14). The average Bonchev–Trinajstić information content (AvgIpc) is 2.20. The van der Waals surface area contributed by atoms with Crippen LogP contribution in [0.1, 0.15) is 0 Å². The van der Waals surface area contributed by atoms with Crippen molar-refractivity contribution in [1.82, 2.24) is 0 Å². The highest BCUT2D eigenvalue weighted by molar-refractivity contribution is 6.37. The van der Waals surface area contributed by atoms with Crippen LogP contribution >= 0.6 is 34.8 Å². The van der Waals surface area contributed by atoms with Crippen molar-refractivity contribution in [3.63, 3.8) is 0 Å². The summed E-state index contributed by atoms with van der Waals surface area (Å²) in [7, 11) is 0. The van der Waals surface area contributed by atoms with Gasteiger partial charge in [0.15, 0.2) is 0 Å². The van der Waals surface area contributed by atoms with Crippen molar-refractivity contribution in [2.45, 2.75) is 5.38 Å². The van der Waals surface area contributed by atoms with Crippen LogP contribution in [0.25, 0.3) is 0 Å². The summed E-state index contributed by atoms with van der Waals surface area (Å²) < 4.78 is 0. The summed E-state index contributed by atoms with van der Waals surface area (Å²) in [5, 5.41) is 2.50. The zero-order valence-corrected chi connectivity index (χ0v) is 9.40. The number of hydrogen-bond acceptors (Lipinski definition) is 1. The number of halogens is 3. The summed E-state index contributed by atoms with van der Waals surface area (Å²) in [6, 6.07) is 6.75. The van der Waals surface area contributed by atoms with Gasteiger partial charge in [-0.3, -0.25) is 4.79 Å². The molecule has 0 aromatic heterocycles. The van der Waals surface area contributed by atoms with E-state index in [1.807, 2.05) is 0 Å². The third kappa shape index (κ3) is 3.37. The molecule has 0 aliphatic heterocycles. The Balaban J connectivity index is 2.60. The third-order valence-electron chi connectivity index (χ3n) is 1.53. The van der Waals surface area contributed by atoms with Gasteiger partial charge >= 0.3 is 0 Å². The molecule has 0 aliphatic rings. The summed E-state index contributed by atoms with van der Waals surface area (Å²) in [5.74, 6) is -0.231. The topological polar surface area (TPSA) is 29.1 Å². The lowest BCUT2D eigenvalue weighted by Crippen LogP contribution is -2.24. The van der Waals surface area contributed by atoms with Gasteiger partial charge in [-0.05, 0) is 24.3 Å². The van der Waals surface area contributed by atoms with Crippen LogP contribution in [-0.4, -0.2) is 17.2 Å². The Labute approximate surface area is 97.1 Å². The quantitative estimate of drug-likeness (QED) is 0.823. The van der Waals surface area contributed by atoms with Gasteiger partial charge in [0.05, 0.1) is 0 Å². The van der Waals surface area contributed by atoms with Crippen molar-refractivity contribution in [2.75, 3.05) is 11.2 Å². The fourth-order valence-electron chi connectivity index (χ4n) is 0.824. The Morgan fingerprint density at radius 3 is 2.43 bits per heavy atom.